The molecule has 0 fully saturated rings. The Kier molecular flexibility index (Phi) is 9.12. The molecule has 10 heteroatoms. The zero-order chi connectivity index (χ0) is 26.0. The first-order valence-corrected chi connectivity index (χ1v) is 13.0. The first kappa shape index (κ1) is 26.2. The summed E-state index contributed by atoms with van der Waals surface area (Å²) in [6.45, 7) is 0. The number of hydrogen-bond acceptors (Lipinski definition) is 7. The van der Waals surface area contributed by atoms with Crippen molar-refractivity contribution in [3.8, 4) is 28.6 Å². The number of nitrogens with zero attached hydrogens (tertiary/aromatic N) is 4. The van der Waals surface area contributed by atoms with E-state index in [0.717, 1.165) is 32.8 Å². The van der Waals surface area contributed by atoms with Crippen LogP contribution in [0, 0.1) is 0 Å². The molecule has 0 saturated heterocycles. The van der Waals surface area contributed by atoms with Gasteiger partial charge in [-0.2, -0.15) is 5.10 Å². The van der Waals surface area contributed by atoms with E-state index in [-0.39, 0.29) is 11.7 Å². The molecule has 4 rings (SSSR count). The van der Waals surface area contributed by atoms with Crippen molar-refractivity contribution in [2.24, 2.45) is 5.10 Å². The minimum Gasteiger partial charge on any atom is -0.497 e. The van der Waals surface area contributed by atoms with Crippen molar-refractivity contribution in [2.75, 3.05) is 20.0 Å². The zero-order valence-electron chi connectivity index (χ0n) is 20.2. The van der Waals surface area contributed by atoms with Gasteiger partial charge in [0.1, 0.15) is 11.5 Å². The highest BCUT2D eigenvalue weighted by Gasteiger charge is 2.17. The molecule has 0 atom stereocenters. The Labute approximate surface area is 227 Å². The lowest BCUT2D eigenvalue weighted by Crippen LogP contribution is -2.19. The standard InChI is InChI=1S/C27H24BrN5O3S/c1-35-23-12-8-20(9-13-23)26-31-32-27(33(26)22-10-14-24(36-2)15-11-22)37-18-25(34)30-29-17-21(28)16-19-6-4-3-5-7-19/h3-17H,18H2,1-2H3,(H,30,34)/b21-16-,29-17+. The van der Waals surface area contributed by atoms with Crippen LogP contribution in [-0.4, -0.2) is 46.9 Å². The number of aromatic nitrogens is 3. The molecule has 0 aliphatic carbocycles. The highest BCUT2D eigenvalue weighted by molar-refractivity contribution is 9.12. The Morgan fingerprint density at radius 1 is 0.973 bits per heavy atom. The summed E-state index contributed by atoms with van der Waals surface area (Å²) in [6.07, 6.45) is 3.44. The second kappa shape index (κ2) is 12.9. The second-order valence-electron chi connectivity index (χ2n) is 7.59. The lowest BCUT2D eigenvalue weighted by atomic mass is 10.2. The summed E-state index contributed by atoms with van der Waals surface area (Å²) in [5, 5.41) is 13.4. The second-order valence-corrected chi connectivity index (χ2v) is 9.45. The van der Waals surface area contributed by atoms with Crippen molar-refractivity contribution >= 4 is 45.9 Å². The molecule has 8 nitrogen and oxygen atoms in total. The number of thioether (sulfide) groups is 1. The molecule has 0 saturated carbocycles. The van der Waals surface area contributed by atoms with Crippen LogP contribution in [0.2, 0.25) is 0 Å². The van der Waals surface area contributed by atoms with E-state index in [1.54, 1.807) is 14.2 Å². The third kappa shape index (κ3) is 7.08. The molecule has 1 heterocycles. The van der Waals surface area contributed by atoms with Crippen LogP contribution in [0.1, 0.15) is 5.56 Å². The van der Waals surface area contributed by atoms with Gasteiger partial charge in [0.15, 0.2) is 11.0 Å². The average molecular weight is 578 g/mol. The number of methoxy groups -OCH3 is 2. The summed E-state index contributed by atoms with van der Waals surface area (Å²) in [6, 6.07) is 24.9. The molecule has 3 aromatic carbocycles. The lowest BCUT2D eigenvalue weighted by molar-refractivity contribution is -0.118. The molecule has 1 aromatic heterocycles. The number of halogens is 1. The predicted octanol–water partition coefficient (Wildman–Crippen LogP) is 5.58. The van der Waals surface area contributed by atoms with Gasteiger partial charge in [-0.15, -0.1) is 10.2 Å². The lowest BCUT2D eigenvalue weighted by Gasteiger charge is -2.11. The van der Waals surface area contributed by atoms with Crippen molar-refractivity contribution in [2.45, 2.75) is 5.16 Å². The van der Waals surface area contributed by atoms with Gasteiger partial charge < -0.3 is 9.47 Å². The van der Waals surface area contributed by atoms with E-state index in [4.69, 9.17) is 9.47 Å². The highest BCUT2D eigenvalue weighted by Crippen LogP contribution is 2.29. The molecule has 37 heavy (non-hydrogen) atoms. The summed E-state index contributed by atoms with van der Waals surface area (Å²) in [4.78, 5) is 12.5. The predicted molar refractivity (Wildman–Crippen MR) is 151 cm³/mol. The summed E-state index contributed by atoms with van der Waals surface area (Å²) >= 11 is 4.70. The van der Waals surface area contributed by atoms with Gasteiger partial charge >= 0.3 is 0 Å². The minimum atomic E-state index is -0.267. The first-order chi connectivity index (χ1) is 18.1. The molecule has 1 amide bonds. The fourth-order valence-corrected chi connectivity index (χ4v) is 4.44. The van der Waals surface area contributed by atoms with E-state index in [9.17, 15) is 4.79 Å². The van der Waals surface area contributed by atoms with E-state index < -0.39 is 0 Å². The maximum atomic E-state index is 12.5. The van der Waals surface area contributed by atoms with Gasteiger partial charge in [-0.3, -0.25) is 9.36 Å². The van der Waals surface area contributed by atoms with Crippen LogP contribution in [0.25, 0.3) is 23.2 Å². The van der Waals surface area contributed by atoms with Crippen molar-refractivity contribution in [3.05, 3.63) is 88.9 Å². The van der Waals surface area contributed by atoms with Crippen LogP contribution in [0.5, 0.6) is 11.5 Å². The maximum absolute atomic E-state index is 12.5. The Bertz CT molecular complexity index is 1390. The van der Waals surface area contributed by atoms with Crippen LogP contribution in [0.3, 0.4) is 0 Å². The van der Waals surface area contributed by atoms with Gasteiger partial charge in [0.2, 0.25) is 0 Å². The summed E-state index contributed by atoms with van der Waals surface area (Å²) in [7, 11) is 3.24. The number of carbonyl (C=O) groups excluding carboxylic acids is 1. The summed E-state index contributed by atoms with van der Waals surface area (Å²) in [5.41, 5.74) is 5.27. The largest absolute Gasteiger partial charge is 0.497 e. The number of hydrazone groups is 1. The van der Waals surface area contributed by atoms with Gasteiger partial charge in [0.25, 0.3) is 5.91 Å². The zero-order valence-corrected chi connectivity index (χ0v) is 22.6. The minimum absolute atomic E-state index is 0.105. The average Bonchev–Trinajstić information content (AvgIpc) is 3.36. The number of rotatable bonds is 10. The van der Waals surface area contributed by atoms with Gasteiger partial charge in [0, 0.05) is 15.7 Å². The van der Waals surface area contributed by atoms with Crippen LogP contribution in [0.15, 0.2) is 93.6 Å². The van der Waals surface area contributed by atoms with Gasteiger partial charge in [-0.1, -0.05) is 42.1 Å². The maximum Gasteiger partial charge on any atom is 0.250 e. The monoisotopic (exact) mass is 577 g/mol. The third-order valence-corrected chi connectivity index (χ3v) is 6.49. The molecular weight excluding hydrogens is 554 g/mol. The van der Waals surface area contributed by atoms with Gasteiger partial charge in [-0.25, -0.2) is 5.43 Å². The molecule has 4 aromatic rings. The van der Waals surface area contributed by atoms with E-state index in [1.165, 1.54) is 18.0 Å². The van der Waals surface area contributed by atoms with Crippen molar-refractivity contribution in [3.63, 3.8) is 0 Å². The van der Waals surface area contributed by atoms with Crippen LogP contribution >= 0.6 is 27.7 Å². The van der Waals surface area contributed by atoms with Crippen molar-refractivity contribution in [1.82, 2.24) is 20.2 Å². The fourth-order valence-electron chi connectivity index (χ4n) is 3.33. The van der Waals surface area contributed by atoms with E-state index in [2.05, 4.69) is 36.7 Å². The number of ether oxygens (including phenoxy) is 2. The number of carbonyl (C=O) groups is 1. The van der Waals surface area contributed by atoms with Crippen LogP contribution < -0.4 is 14.9 Å². The molecular formula is C27H24BrN5O3S. The normalized spacial score (nSPS) is 11.5. The van der Waals surface area contributed by atoms with Crippen molar-refractivity contribution < 1.29 is 14.3 Å². The van der Waals surface area contributed by atoms with Crippen LogP contribution in [0.4, 0.5) is 0 Å². The third-order valence-electron chi connectivity index (χ3n) is 5.13. The van der Waals surface area contributed by atoms with Crippen molar-refractivity contribution in [1.29, 1.82) is 0 Å². The van der Waals surface area contributed by atoms with E-state index in [1.807, 2.05) is 89.5 Å². The Hall–Kier alpha value is -3.89. The van der Waals surface area contributed by atoms with Gasteiger partial charge in [0.05, 0.1) is 26.2 Å². The number of allylic oxidation sites excluding steroid dienone is 1. The number of nitrogens with one attached hydrogen (secondary N) is 1. The Balaban J connectivity index is 1.48. The highest BCUT2D eigenvalue weighted by atomic mass is 79.9. The molecule has 0 aliphatic heterocycles. The summed E-state index contributed by atoms with van der Waals surface area (Å²) in [5.74, 6) is 1.96. The van der Waals surface area contributed by atoms with Crippen LogP contribution in [-0.2, 0) is 4.79 Å². The smallest absolute Gasteiger partial charge is 0.250 e. The first-order valence-electron chi connectivity index (χ1n) is 11.2. The molecule has 0 spiro atoms. The summed E-state index contributed by atoms with van der Waals surface area (Å²) < 4.78 is 13.2. The van der Waals surface area contributed by atoms with E-state index in [0.29, 0.717) is 11.0 Å². The molecule has 0 unspecified atom stereocenters. The molecule has 1 N–H and O–H groups in total. The topological polar surface area (TPSA) is 90.6 Å². The molecule has 0 radical (unpaired) electrons. The quantitative estimate of drug-likeness (QED) is 0.150. The molecule has 0 aliphatic rings. The number of amides is 1. The molecule has 0 bridgehead atoms. The Morgan fingerprint density at radius 2 is 1.62 bits per heavy atom. The number of hydrogen-bond donors (Lipinski definition) is 1. The van der Waals surface area contributed by atoms with E-state index >= 15 is 0 Å². The number of benzene rings is 3. The SMILES string of the molecule is COc1ccc(-c2nnc(SCC(=O)N/N=C/C(Br)=C/c3ccccc3)n2-c2ccc(OC)cc2)cc1. The fraction of sp³-hybridized carbons (Fsp3) is 0.111. The molecule has 188 valence electrons. The Morgan fingerprint density at radius 3 is 2.27 bits per heavy atom. The van der Waals surface area contributed by atoms with Gasteiger partial charge in [-0.05, 0) is 76.1 Å².